The van der Waals surface area contributed by atoms with Gasteiger partial charge in [0.25, 0.3) is 0 Å². The van der Waals surface area contributed by atoms with Crippen molar-refractivity contribution in [2.45, 2.75) is 12.8 Å². The molecule has 0 radical (unpaired) electrons. The first-order valence-corrected chi connectivity index (χ1v) is 7.82. The van der Waals surface area contributed by atoms with E-state index in [1.54, 1.807) is 0 Å². The molecule has 0 aliphatic carbocycles. The maximum Gasteiger partial charge on any atom is 0.133 e. The van der Waals surface area contributed by atoms with Crippen LogP contribution in [0.5, 0.6) is 0 Å². The van der Waals surface area contributed by atoms with E-state index in [0.29, 0.717) is 0 Å². The van der Waals surface area contributed by atoms with Crippen LogP contribution in [0.2, 0.25) is 0 Å². The van der Waals surface area contributed by atoms with E-state index in [9.17, 15) is 0 Å². The number of benzene rings is 2. The Morgan fingerprint density at radius 1 is 0.870 bits per heavy atom. The van der Waals surface area contributed by atoms with Crippen LogP contribution in [0.4, 0.5) is 11.5 Å². The Morgan fingerprint density at radius 2 is 1.65 bits per heavy atom. The molecule has 0 saturated heterocycles. The summed E-state index contributed by atoms with van der Waals surface area (Å²) >= 11 is 0. The summed E-state index contributed by atoms with van der Waals surface area (Å²) in [5, 5.41) is 3.40. The Labute approximate surface area is 137 Å². The van der Waals surface area contributed by atoms with Crippen LogP contribution in [0.3, 0.4) is 0 Å². The molecule has 3 aromatic rings. The lowest BCUT2D eigenvalue weighted by molar-refractivity contribution is 0.952. The van der Waals surface area contributed by atoms with Crippen LogP contribution in [0.1, 0.15) is 16.7 Å². The maximum absolute atomic E-state index is 4.49. The number of anilines is 2. The van der Waals surface area contributed by atoms with E-state index in [0.717, 1.165) is 29.9 Å². The lowest BCUT2D eigenvalue weighted by Crippen LogP contribution is -2.00. The Hall–Kier alpha value is -2.87. The number of para-hydroxylation sites is 1. The van der Waals surface area contributed by atoms with Gasteiger partial charge < -0.3 is 5.32 Å². The van der Waals surface area contributed by atoms with Crippen molar-refractivity contribution in [3.63, 3.8) is 0 Å². The molecule has 0 aliphatic heterocycles. The van der Waals surface area contributed by atoms with E-state index < -0.39 is 0 Å². The van der Waals surface area contributed by atoms with E-state index in [-0.39, 0.29) is 0 Å². The average Bonchev–Trinajstić information content (AvgIpc) is 2.62. The number of hydrogen-bond acceptors (Lipinski definition) is 2. The largest absolute Gasteiger partial charge is 0.340 e. The summed E-state index contributed by atoms with van der Waals surface area (Å²) in [5.41, 5.74) is 4.76. The molecule has 23 heavy (non-hydrogen) atoms. The monoisotopic (exact) mass is 300 g/mol. The highest BCUT2D eigenvalue weighted by molar-refractivity contribution is 5.59. The third-order valence-corrected chi connectivity index (χ3v) is 3.83. The van der Waals surface area contributed by atoms with Crippen molar-refractivity contribution in [3.05, 3.63) is 96.2 Å². The number of aromatic nitrogens is 1. The second kappa shape index (κ2) is 7.41. The SMILES string of the molecule is C=Cc1ccc(CCc2cccnc2Nc2ccccc2)cc1. The minimum absolute atomic E-state index is 0.932. The first-order valence-electron chi connectivity index (χ1n) is 7.82. The molecule has 0 fully saturated rings. The minimum Gasteiger partial charge on any atom is -0.340 e. The van der Waals surface area contributed by atoms with Crippen LogP contribution in [0.25, 0.3) is 6.08 Å². The van der Waals surface area contributed by atoms with Gasteiger partial charge >= 0.3 is 0 Å². The number of nitrogens with zero attached hydrogens (tertiary/aromatic N) is 1. The van der Waals surface area contributed by atoms with Gasteiger partial charge in [0.05, 0.1) is 0 Å². The number of nitrogens with one attached hydrogen (secondary N) is 1. The minimum atomic E-state index is 0.932. The zero-order valence-corrected chi connectivity index (χ0v) is 13.1. The molecule has 1 heterocycles. The fourth-order valence-electron chi connectivity index (χ4n) is 2.51. The summed E-state index contributed by atoms with van der Waals surface area (Å²) in [7, 11) is 0. The van der Waals surface area contributed by atoms with Crippen LogP contribution in [-0.4, -0.2) is 4.98 Å². The van der Waals surface area contributed by atoms with Crippen molar-refractivity contribution in [1.82, 2.24) is 4.98 Å². The molecular formula is C21H20N2. The molecule has 3 rings (SSSR count). The van der Waals surface area contributed by atoms with Gasteiger partial charge in [-0.05, 0) is 47.7 Å². The second-order valence-corrected chi connectivity index (χ2v) is 5.45. The highest BCUT2D eigenvalue weighted by Gasteiger charge is 2.04. The fourth-order valence-corrected chi connectivity index (χ4v) is 2.51. The Balaban J connectivity index is 1.71. The van der Waals surface area contributed by atoms with Crippen molar-refractivity contribution in [2.24, 2.45) is 0 Å². The quantitative estimate of drug-likeness (QED) is 0.672. The lowest BCUT2D eigenvalue weighted by Gasteiger charge is -2.11. The number of hydrogen-bond donors (Lipinski definition) is 1. The van der Waals surface area contributed by atoms with Crippen LogP contribution < -0.4 is 5.32 Å². The molecule has 0 amide bonds. The highest BCUT2D eigenvalue weighted by Crippen LogP contribution is 2.20. The summed E-state index contributed by atoms with van der Waals surface area (Å²) < 4.78 is 0. The van der Waals surface area contributed by atoms with Crippen LogP contribution in [0, 0.1) is 0 Å². The molecule has 2 nitrogen and oxygen atoms in total. The summed E-state index contributed by atoms with van der Waals surface area (Å²) in [6.45, 7) is 3.79. The third-order valence-electron chi connectivity index (χ3n) is 3.83. The van der Waals surface area contributed by atoms with Gasteiger partial charge in [-0.3, -0.25) is 0 Å². The molecule has 114 valence electrons. The van der Waals surface area contributed by atoms with Gasteiger partial charge in [0.2, 0.25) is 0 Å². The van der Waals surface area contributed by atoms with Crippen LogP contribution in [0.15, 0.2) is 79.5 Å². The van der Waals surface area contributed by atoms with Crippen LogP contribution >= 0.6 is 0 Å². The van der Waals surface area contributed by atoms with E-state index in [2.05, 4.69) is 47.2 Å². The van der Waals surface area contributed by atoms with Gasteiger partial charge in [-0.25, -0.2) is 4.98 Å². The van der Waals surface area contributed by atoms with Crippen molar-refractivity contribution in [1.29, 1.82) is 0 Å². The van der Waals surface area contributed by atoms with Gasteiger partial charge in [0.15, 0.2) is 0 Å². The van der Waals surface area contributed by atoms with E-state index in [4.69, 9.17) is 0 Å². The molecule has 0 spiro atoms. The molecule has 0 unspecified atom stereocenters. The standard InChI is InChI=1S/C21H20N2/c1-2-17-10-12-18(13-11-17)14-15-19-7-6-16-22-21(19)23-20-8-4-3-5-9-20/h2-13,16H,1,14-15H2,(H,22,23). The maximum atomic E-state index is 4.49. The van der Waals surface area contributed by atoms with Crippen molar-refractivity contribution < 1.29 is 0 Å². The second-order valence-electron chi connectivity index (χ2n) is 5.45. The summed E-state index contributed by atoms with van der Waals surface area (Å²) in [4.78, 5) is 4.49. The predicted octanol–water partition coefficient (Wildman–Crippen LogP) is 5.25. The molecule has 0 saturated carbocycles. The van der Waals surface area contributed by atoms with Crippen molar-refractivity contribution in [2.75, 3.05) is 5.32 Å². The van der Waals surface area contributed by atoms with Gasteiger partial charge in [0.1, 0.15) is 5.82 Å². The molecule has 1 N–H and O–H groups in total. The number of aryl methyl sites for hydroxylation is 2. The van der Waals surface area contributed by atoms with Gasteiger partial charge in [0, 0.05) is 11.9 Å². The molecule has 2 heteroatoms. The van der Waals surface area contributed by atoms with Crippen molar-refractivity contribution in [3.8, 4) is 0 Å². The molecule has 0 atom stereocenters. The number of rotatable bonds is 6. The molecule has 2 aromatic carbocycles. The first-order chi connectivity index (χ1) is 11.3. The smallest absolute Gasteiger partial charge is 0.133 e. The predicted molar refractivity (Wildman–Crippen MR) is 97.9 cm³/mol. The molecule has 0 bridgehead atoms. The van der Waals surface area contributed by atoms with Gasteiger partial charge in [-0.2, -0.15) is 0 Å². The first kappa shape index (κ1) is 15.0. The Kier molecular flexibility index (Phi) is 4.85. The Morgan fingerprint density at radius 3 is 2.39 bits per heavy atom. The van der Waals surface area contributed by atoms with E-state index >= 15 is 0 Å². The normalized spacial score (nSPS) is 10.3. The van der Waals surface area contributed by atoms with Crippen LogP contribution in [-0.2, 0) is 12.8 Å². The van der Waals surface area contributed by atoms with E-state index in [1.807, 2.05) is 48.7 Å². The summed E-state index contributed by atoms with van der Waals surface area (Å²) in [5.74, 6) is 0.932. The van der Waals surface area contributed by atoms with Gasteiger partial charge in [-0.15, -0.1) is 0 Å². The average molecular weight is 300 g/mol. The lowest BCUT2D eigenvalue weighted by atomic mass is 10.0. The summed E-state index contributed by atoms with van der Waals surface area (Å²) in [6.07, 6.45) is 5.64. The number of pyridine rings is 1. The van der Waals surface area contributed by atoms with Crippen molar-refractivity contribution >= 4 is 17.6 Å². The van der Waals surface area contributed by atoms with Gasteiger partial charge in [-0.1, -0.05) is 61.2 Å². The molecular weight excluding hydrogens is 280 g/mol. The highest BCUT2D eigenvalue weighted by atomic mass is 15.0. The fraction of sp³-hybridized carbons (Fsp3) is 0.0952. The zero-order valence-electron chi connectivity index (χ0n) is 13.1. The van der Waals surface area contributed by atoms with E-state index in [1.165, 1.54) is 11.1 Å². The summed E-state index contributed by atoms with van der Waals surface area (Å²) in [6, 6.07) is 22.8. The third kappa shape index (κ3) is 4.07. The molecule has 1 aromatic heterocycles. The Bertz CT molecular complexity index is 761. The topological polar surface area (TPSA) is 24.9 Å². The molecule has 0 aliphatic rings. The zero-order chi connectivity index (χ0) is 15.9.